The second-order valence-electron chi connectivity index (χ2n) is 7.09. The topological polar surface area (TPSA) is 38.0 Å². The Morgan fingerprint density at radius 2 is 2.16 bits per heavy atom. The Morgan fingerprint density at radius 3 is 2.68 bits per heavy atom. The predicted molar refractivity (Wildman–Crippen MR) is 78.7 cm³/mol. The van der Waals surface area contributed by atoms with Crippen LogP contribution in [0, 0.1) is 16.7 Å². The van der Waals surface area contributed by atoms with Crippen LogP contribution < -0.4 is 0 Å². The molecule has 3 unspecified atom stereocenters. The molecule has 19 heavy (non-hydrogen) atoms. The van der Waals surface area contributed by atoms with E-state index in [1.165, 1.54) is 6.42 Å². The average molecular weight is 327 g/mol. The Kier molecular flexibility index (Phi) is 2.76. The highest BCUT2D eigenvalue weighted by Gasteiger charge is 2.70. The third kappa shape index (κ3) is 1.40. The summed E-state index contributed by atoms with van der Waals surface area (Å²) < 4.78 is 2.90. The fourth-order valence-electron chi connectivity index (χ4n) is 4.81. The molecule has 2 aliphatic carbocycles. The Morgan fingerprint density at radius 1 is 1.47 bits per heavy atom. The summed E-state index contributed by atoms with van der Waals surface area (Å²) >= 11 is 3.61. The highest BCUT2D eigenvalue weighted by Crippen LogP contribution is 2.72. The summed E-state index contributed by atoms with van der Waals surface area (Å²) in [7, 11) is 0. The van der Waals surface area contributed by atoms with E-state index in [0.29, 0.717) is 5.92 Å². The standard InChI is InChI=1S/C15H23BrN2O/c1-5-18-12(11(16)9-17-18)15(19)13(2,3)10-6-7-14(15,4)8-10/h9-10,19H,5-8H2,1-4H3. The van der Waals surface area contributed by atoms with Gasteiger partial charge in [-0.25, -0.2) is 0 Å². The van der Waals surface area contributed by atoms with Gasteiger partial charge in [0, 0.05) is 17.4 Å². The van der Waals surface area contributed by atoms with Gasteiger partial charge in [-0.2, -0.15) is 5.10 Å². The minimum absolute atomic E-state index is 0.0311. The number of aryl methyl sites for hydroxylation is 1. The molecule has 0 radical (unpaired) electrons. The fourth-order valence-corrected chi connectivity index (χ4v) is 5.39. The molecule has 2 fully saturated rings. The van der Waals surface area contributed by atoms with Crippen molar-refractivity contribution in [2.24, 2.45) is 16.7 Å². The quantitative estimate of drug-likeness (QED) is 0.899. The van der Waals surface area contributed by atoms with E-state index in [9.17, 15) is 5.11 Å². The molecular formula is C15H23BrN2O. The number of nitrogens with zero attached hydrogens (tertiary/aromatic N) is 2. The van der Waals surface area contributed by atoms with Crippen molar-refractivity contribution in [1.29, 1.82) is 0 Å². The fraction of sp³-hybridized carbons (Fsp3) is 0.800. The van der Waals surface area contributed by atoms with E-state index in [1.54, 1.807) is 0 Å². The van der Waals surface area contributed by atoms with Crippen molar-refractivity contribution in [3.05, 3.63) is 16.4 Å². The molecule has 0 saturated heterocycles. The number of aromatic nitrogens is 2. The summed E-state index contributed by atoms with van der Waals surface area (Å²) in [5.74, 6) is 0.606. The van der Waals surface area contributed by atoms with Crippen LogP contribution in [0.25, 0.3) is 0 Å². The smallest absolute Gasteiger partial charge is 0.118 e. The predicted octanol–water partition coefficient (Wildman–Crippen LogP) is 3.70. The second kappa shape index (κ2) is 3.85. The van der Waals surface area contributed by atoms with Gasteiger partial charge in [-0.05, 0) is 48.0 Å². The molecule has 0 aromatic carbocycles. The zero-order valence-electron chi connectivity index (χ0n) is 12.2. The zero-order chi connectivity index (χ0) is 14.1. The maximum Gasteiger partial charge on any atom is 0.118 e. The van der Waals surface area contributed by atoms with Gasteiger partial charge in [0.2, 0.25) is 0 Å². The number of hydrogen-bond donors (Lipinski definition) is 1. The van der Waals surface area contributed by atoms with Gasteiger partial charge in [-0.3, -0.25) is 4.68 Å². The molecule has 1 N–H and O–H groups in total. The monoisotopic (exact) mass is 326 g/mol. The molecule has 2 saturated carbocycles. The summed E-state index contributed by atoms with van der Waals surface area (Å²) in [6, 6.07) is 0. The van der Waals surface area contributed by atoms with Crippen LogP contribution in [-0.4, -0.2) is 14.9 Å². The largest absolute Gasteiger partial charge is 0.382 e. The van der Waals surface area contributed by atoms with Gasteiger partial charge in [-0.1, -0.05) is 20.8 Å². The Balaban J connectivity index is 2.24. The Labute approximate surface area is 123 Å². The highest BCUT2D eigenvalue weighted by atomic mass is 79.9. The summed E-state index contributed by atoms with van der Waals surface area (Å²) in [4.78, 5) is 0. The zero-order valence-corrected chi connectivity index (χ0v) is 13.8. The van der Waals surface area contributed by atoms with Crippen LogP contribution in [0.1, 0.15) is 52.7 Å². The maximum atomic E-state index is 11.7. The van der Waals surface area contributed by atoms with Crippen molar-refractivity contribution in [2.45, 2.75) is 59.1 Å². The minimum Gasteiger partial charge on any atom is -0.382 e. The molecule has 2 aliphatic rings. The number of fused-ring (bicyclic) bond motifs is 2. The first-order valence-electron chi connectivity index (χ1n) is 7.22. The third-order valence-corrected chi connectivity index (χ3v) is 6.59. The van der Waals surface area contributed by atoms with E-state index in [0.717, 1.165) is 29.6 Å². The van der Waals surface area contributed by atoms with Crippen LogP contribution in [0.5, 0.6) is 0 Å². The number of hydrogen-bond acceptors (Lipinski definition) is 2. The lowest BCUT2D eigenvalue weighted by Crippen LogP contribution is -2.52. The lowest BCUT2D eigenvalue weighted by atomic mass is 9.59. The first kappa shape index (κ1) is 13.6. The van der Waals surface area contributed by atoms with Crippen molar-refractivity contribution in [3.63, 3.8) is 0 Å². The molecule has 0 amide bonds. The number of halogens is 1. The summed E-state index contributed by atoms with van der Waals surface area (Å²) in [6.07, 6.45) is 5.29. The van der Waals surface area contributed by atoms with E-state index in [4.69, 9.17) is 0 Å². The average Bonchev–Trinajstić information content (AvgIpc) is 2.95. The van der Waals surface area contributed by atoms with Crippen molar-refractivity contribution in [2.75, 3.05) is 0 Å². The van der Waals surface area contributed by atoms with E-state index in [1.807, 2.05) is 10.9 Å². The van der Waals surface area contributed by atoms with Crippen molar-refractivity contribution in [1.82, 2.24) is 9.78 Å². The molecule has 0 spiro atoms. The second-order valence-corrected chi connectivity index (χ2v) is 7.94. The van der Waals surface area contributed by atoms with Crippen LogP contribution in [0.4, 0.5) is 0 Å². The van der Waals surface area contributed by atoms with Gasteiger partial charge in [-0.15, -0.1) is 0 Å². The van der Waals surface area contributed by atoms with Crippen LogP contribution in [-0.2, 0) is 12.1 Å². The van der Waals surface area contributed by atoms with Crippen LogP contribution in [0.15, 0.2) is 10.7 Å². The third-order valence-electron chi connectivity index (χ3n) is 6.01. The number of aliphatic hydroxyl groups is 1. The molecular weight excluding hydrogens is 304 g/mol. The molecule has 106 valence electrons. The van der Waals surface area contributed by atoms with E-state index in [-0.39, 0.29) is 10.8 Å². The van der Waals surface area contributed by atoms with Crippen molar-refractivity contribution in [3.8, 4) is 0 Å². The normalized spacial score (nSPS) is 40.0. The van der Waals surface area contributed by atoms with Gasteiger partial charge in [0.25, 0.3) is 0 Å². The van der Waals surface area contributed by atoms with E-state index in [2.05, 4.69) is 48.7 Å². The first-order chi connectivity index (χ1) is 8.78. The van der Waals surface area contributed by atoms with Crippen molar-refractivity contribution < 1.29 is 5.11 Å². The molecule has 0 aliphatic heterocycles. The Bertz CT molecular complexity index is 517. The lowest BCUT2D eigenvalue weighted by Gasteiger charge is -2.50. The van der Waals surface area contributed by atoms with Gasteiger partial charge >= 0.3 is 0 Å². The van der Waals surface area contributed by atoms with Crippen LogP contribution in [0.3, 0.4) is 0 Å². The van der Waals surface area contributed by atoms with Gasteiger partial charge in [0.1, 0.15) is 5.60 Å². The maximum absolute atomic E-state index is 11.7. The molecule has 2 bridgehead atoms. The molecule has 3 atom stereocenters. The van der Waals surface area contributed by atoms with Gasteiger partial charge < -0.3 is 5.11 Å². The summed E-state index contributed by atoms with van der Waals surface area (Å²) in [5, 5.41) is 16.1. The highest BCUT2D eigenvalue weighted by molar-refractivity contribution is 9.10. The van der Waals surface area contributed by atoms with Crippen LogP contribution >= 0.6 is 15.9 Å². The summed E-state index contributed by atoms with van der Waals surface area (Å²) in [5.41, 5.74) is 0.0464. The Hall–Kier alpha value is -0.350. The van der Waals surface area contributed by atoms with Crippen molar-refractivity contribution >= 4 is 15.9 Å². The first-order valence-corrected chi connectivity index (χ1v) is 8.01. The molecule has 1 heterocycles. The molecule has 1 aromatic rings. The van der Waals surface area contributed by atoms with E-state index >= 15 is 0 Å². The molecule has 1 aromatic heterocycles. The van der Waals surface area contributed by atoms with Gasteiger partial charge in [0.05, 0.1) is 16.4 Å². The van der Waals surface area contributed by atoms with Gasteiger partial charge in [0.15, 0.2) is 0 Å². The number of rotatable bonds is 2. The van der Waals surface area contributed by atoms with Crippen LogP contribution in [0.2, 0.25) is 0 Å². The molecule has 3 rings (SSSR count). The summed E-state index contributed by atoms with van der Waals surface area (Å²) in [6.45, 7) is 9.57. The van der Waals surface area contributed by atoms with E-state index < -0.39 is 5.60 Å². The minimum atomic E-state index is -0.797. The lowest BCUT2D eigenvalue weighted by molar-refractivity contribution is -0.156. The SMILES string of the molecule is CCn1ncc(Br)c1C1(O)C2(C)CCC(C2)C1(C)C. The molecule has 4 heteroatoms. The molecule has 3 nitrogen and oxygen atoms in total.